The summed E-state index contributed by atoms with van der Waals surface area (Å²) in [7, 11) is 0. The zero-order valence-corrected chi connectivity index (χ0v) is 15.4. The van der Waals surface area contributed by atoms with E-state index in [0.29, 0.717) is 0 Å². The van der Waals surface area contributed by atoms with Crippen molar-refractivity contribution in [1.29, 1.82) is 0 Å². The predicted octanol–water partition coefficient (Wildman–Crippen LogP) is 6.13. The number of nitrogens with zero attached hydrogens (tertiary/aromatic N) is 2. The van der Waals surface area contributed by atoms with E-state index in [-0.39, 0.29) is 5.75 Å². The molecule has 0 aliphatic heterocycles. The van der Waals surface area contributed by atoms with E-state index in [0.717, 1.165) is 44.3 Å². The number of para-hydroxylation sites is 2. The second kappa shape index (κ2) is 6.46. The highest BCUT2D eigenvalue weighted by atomic mass is 16.3. The second-order valence-corrected chi connectivity index (χ2v) is 7.00. The molecule has 0 bridgehead atoms. The van der Waals surface area contributed by atoms with Crippen molar-refractivity contribution < 1.29 is 5.11 Å². The molecule has 3 nitrogen and oxygen atoms in total. The van der Waals surface area contributed by atoms with Gasteiger partial charge < -0.3 is 5.11 Å². The van der Waals surface area contributed by atoms with Crippen molar-refractivity contribution in [2.75, 3.05) is 0 Å². The highest BCUT2D eigenvalue weighted by molar-refractivity contribution is 5.95. The number of benzene rings is 4. The third-order valence-electron chi connectivity index (χ3n) is 4.98. The minimum atomic E-state index is 0.248. The minimum Gasteiger partial charge on any atom is -0.507 e. The minimum absolute atomic E-state index is 0.248. The van der Waals surface area contributed by atoms with Crippen LogP contribution in [-0.2, 0) is 0 Å². The number of aryl methyl sites for hydroxylation is 1. The number of phenols is 1. The maximum atomic E-state index is 10.6. The molecule has 0 spiro atoms. The Bertz CT molecular complexity index is 1340. The molecule has 0 unspecified atom stereocenters. The monoisotopic (exact) mass is 362 g/mol. The molecule has 0 atom stereocenters. The summed E-state index contributed by atoms with van der Waals surface area (Å²) in [6, 6.07) is 27.8. The Labute approximate surface area is 163 Å². The lowest BCUT2D eigenvalue weighted by Crippen LogP contribution is -1.96. The van der Waals surface area contributed by atoms with E-state index in [4.69, 9.17) is 9.97 Å². The smallest absolute Gasteiger partial charge is 0.124 e. The highest BCUT2D eigenvalue weighted by Gasteiger charge is 2.15. The van der Waals surface area contributed by atoms with Crippen molar-refractivity contribution in [2.45, 2.75) is 6.92 Å². The average Bonchev–Trinajstić information content (AvgIpc) is 2.73. The molecule has 0 aliphatic rings. The number of hydrogen-bond donors (Lipinski definition) is 1. The topological polar surface area (TPSA) is 46.0 Å². The van der Waals surface area contributed by atoms with Gasteiger partial charge >= 0.3 is 0 Å². The van der Waals surface area contributed by atoms with Crippen LogP contribution in [0, 0.1) is 6.92 Å². The molecule has 0 radical (unpaired) electrons. The van der Waals surface area contributed by atoms with E-state index in [1.807, 2.05) is 54.6 Å². The van der Waals surface area contributed by atoms with Crippen LogP contribution in [-0.4, -0.2) is 15.1 Å². The molecular weight excluding hydrogens is 344 g/mol. The summed E-state index contributed by atoms with van der Waals surface area (Å²) >= 11 is 0. The van der Waals surface area contributed by atoms with Gasteiger partial charge in [0, 0.05) is 16.5 Å². The SMILES string of the molecule is Cc1cccc(-c2nc3ccccc3nc2-c2cc(O)c3ccccc3c2)c1. The molecule has 0 fully saturated rings. The van der Waals surface area contributed by atoms with Crippen molar-refractivity contribution in [2.24, 2.45) is 0 Å². The molecule has 0 amide bonds. The zero-order chi connectivity index (χ0) is 19.1. The van der Waals surface area contributed by atoms with Crippen molar-refractivity contribution in [3.8, 4) is 28.3 Å². The van der Waals surface area contributed by atoms with Crippen LogP contribution in [0.5, 0.6) is 5.75 Å². The average molecular weight is 362 g/mol. The third-order valence-corrected chi connectivity index (χ3v) is 4.98. The summed E-state index contributed by atoms with van der Waals surface area (Å²) < 4.78 is 0. The van der Waals surface area contributed by atoms with E-state index in [2.05, 4.69) is 31.2 Å². The molecule has 134 valence electrons. The molecule has 0 saturated carbocycles. The first-order valence-electron chi connectivity index (χ1n) is 9.25. The molecule has 28 heavy (non-hydrogen) atoms. The summed E-state index contributed by atoms with van der Waals surface area (Å²) in [6.45, 7) is 2.07. The van der Waals surface area contributed by atoms with Crippen molar-refractivity contribution in [3.05, 3.63) is 90.5 Å². The molecule has 1 N–H and O–H groups in total. The first-order chi connectivity index (χ1) is 13.7. The Morgan fingerprint density at radius 1 is 0.643 bits per heavy atom. The fourth-order valence-corrected chi connectivity index (χ4v) is 3.62. The predicted molar refractivity (Wildman–Crippen MR) is 114 cm³/mol. The summed E-state index contributed by atoms with van der Waals surface area (Å²) in [5, 5.41) is 12.4. The first-order valence-corrected chi connectivity index (χ1v) is 9.25. The van der Waals surface area contributed by atoms with E-state index in [1.54, 1.807) is 6.07 Å². The number of phenolic OH excluding ortho intramolecular Hbond substituents is 1. The second-order valence-electron chi connectivity index (χ2n) is 7.00. The van der Waals surface area contributed by atoms with Crippen molar-refractivity contribution in [1.82, 2.24) is 9.97 Å². The largest absolute Gasteiger partial charge is 0.507 e. The molecule has 0 saturated heterocycles. The Balaban J connectivity index is 1.84. The molecule has 1 aromatic heterocycles. The van der Waals surface area contributed by atoms with Gasteiger partial charge in [0.05, 0.1) is 22.4 Å². The van der Waals surface area contributed by atoms with Crippen LogP contribution >= 0.6 is 0 Å². The quantitative estimate of drug-likeness (QED) is 0.411. The molecule has 1 heterocycles. The van der Waals surface area contributed by atoms with Gasteiger partial charge in [-0.05, 0) is 42.6 Å². The van der Waals surface area contributed by atoms with Gasteiger partial charge in [-0.15, -0.1) is 0 Å². The fourth-order valence-electron chi connectivity index (χ4n) is 3.62. The lowest BCUT2D eigenvalue weighted by atomic mass is 9.99. The summed E-state index contributed by atoms with van der Waals surface area (Å²) in [5.74, 6) is 0.248. The Morgan fingerprint density at radius 3 is 2.07 bits per heavy atom. The van der Waals surface area contributed by atoms with Gasteiger partial charge in [-0.3, -0.25) is 0 Å². The van der Waals surface area contributed by atoms with Gasteiger partial charge in [-0.2, -0.15) is 0 Å². The van der Waals surface area contributed by atoms with Gasteiger partial charge in [0.2, 0.25) is 0 Å². The summed E-state index contributed by atoms with van der Waals surface area (Å²) in [6.07, 6.45) is 0. The van der Waals surface area contributed by atoms with Gasteiger partial charge in [-0.25, -0.2) is 9.97 Å². The molecule has 4 aromatic carbocycles. The highest BCUT2D eigenvalue weighted by Crippen LogP contribution is 2.36. The van der Waals surface area contributed by atoms with Gasteiger partial charge in [-0.1, -0.05) is 60.2 Å². The van der Waals surface area contributed by atoms with Crippen molar-refractivity contribution in [3.63, 3.8) is 0 Å². The number of aromatic nitrogens is 2. The van der Waals surface area contributed by atoms with Gasteiger partial charge in [0.25, 0.3) is 0 Å². The number of hydrogen-bond acceptors (Lipinski definition) is 3. The van der Waals surface area contributed by atoms with Gasteiger partial charge in [0.1, 0.15) is 5.75 Å². The van der Waals surface area contributed by atoms with Crippen LogP contribution < -0.4 is 0 Å². The maximum absolute atomic E-state index is 10.6. The summed E-state index contributed by atoms with van der Waals surface area (Å²) in [5.41, 5.74) is 6.31. The van der Waals surface area contributed by atoms with Crippen LogP contribution in [0.15, 0.2) is 84.9 Å². The van der Waals surface area contributed by atoms with E-state index < -0.39 is 0 Å². The number of rotatable bonds is 2. The molecule has 5 aromatic rings. The lowest BCUT2D eigenvalue weighted by Gasteiger charge is -2.12. The van der Waals surface area contributed by atoms with E-state index in [1.165, 1.54) is 5.56 Å². The van der Waals surface area contributed by atoms with Crippen LogP contribution in [0.2, 0.25) is 0 Å². The van der Waals surface area contributed by atoms with Crippen LogP contribution in [0.4, 0.5) is 0 Å². The van der Waals surface area contributed by atoms with E-state index >= 15 is 0 Å². The van der Waals surface area contributed by atoms with E-state index in [9.17, 15) is 5.11 Å². The van der Waals surface area contributed by atoms with Crippen LogP contribution in [0.3, 0.4) is 0 Å². The first kappa shape index (κ1) is 16.5. The Kier molecular flexibility index (Phi) is 3.80. The normalized spacial score (nSPS) is 11.2. The van der Waals surface area contributed by atoms with Crippen molar-refractivity contribution >= 4 is 21.8 Å². The third kappa shape index (κ3) is 2.78. The maximum Gasteiger partial charge on any atom is 0.124 e. The number of fused-ring (bicyclic) bond motifs is 2. The lowest BCUT2D eigenvalue weighted by molar-refractivity contribution is 0.482. The van der Waals surface area contributed by atoms with Crippen LogP contribution in [0.25, 0.3) is 44.3 Å². The Hall–Kier alpha value is -3.72. The zero-order valence-electron chi connectivity index (χ0n) is 15.4. The Morgan fingerprint density at radius 2 is 1.32 bits per heavy atom. The standard InChI is InChI=1S/C25H18N2O/c1-16-7-6-9-18(13-16)24-25(27-22-12-5-4-11-21(22)26-24)19-14-17-8-2-3-10-20(17)23(28)15-19/h2-15,28H,1H3. The molecule has 5 rings (SSSR count). The molecular formula is C25H18N2O. The molecule has 3 heteroatoms. The van der Waals surface area contributed by atoms with Crippen LogP contribution in [0.1, 0.15) is 5.56 Å². The number of aromatic hydroxyl groups is 1. The summed E-state index contributed by atoms with van der Waals surface area (Å²) in [4.78, 5) is 9.85. The fraction of sp³-hybridized carbons (Fsp3) is 0.0400. The van der Waals surface area contributed by atoms with Gasteiger partial charge in [0.15, 0.2) is 0 Å². The molecule has 0 aliphatic carbocycles.